The van der Waals surface area contributed by atoms with Gasteiger partial charge in [0.15, 0.2) is 11.5 Å². The zero-order valence-corrected chi connectivity index (χ0v) is 17.8. The SMILES string of the molecule is CC(C)CC(NC(=O)c1cnc(N2CC(F)(F)C2)c(OCC2CC2)n1)C(=O)N(C)C. The van der Waals surface area contributed by atoms with Gasteiger partial charge in [-0.05, 0) is 31.1 Å². The zero-order chi connectivity index (χ0) is 22.1. The Labute approximate surface area is 175 Å². The van der Waals surface area contributed by atoms with Gasteiger partial charge in [-0.25, -0.2) is 18.7 Å². The molecule has 0 bridgehead atoms. The van der Waals surface area contributed by atoms with Crippen molar-refractivity contribution >= 4 is 17.6 Å². The van der Waals surface area contributed by atoms with Gasteiger partial charge in [0.25, 0.3) is 17.7 Å². The van der Waals surface area contributed by atoms with Crippen LogP contribution >= 0.6 is 0 Å². The van der Waals surface area contributed by atoms with Gasteiger partial charge in [-0.15, -0.1) is 0 Å². The first-order valence-electron chi connectivity index (χ1n) is 10.2. The number of aromatic nitrogens is 2. The lowest BCUT2D eigenvalue weighted by Crippen LogP contribution is -2.56. The number of likely N-dealkylation sites (N-methyl/N-ethyl adjacent to an activating group) is 1. The number of nitrogens with one attached hydrogen (secondary N) is 1. The predicted molar refractivity (Wildman–Crippen MR) is 107 cm³/mol. The highest BCUT2D eigenvalue weighted by Crippen LogP contribution is 2.36. The van der Waals surface area contributed by atoms with Crippen LogP contribution in [-0.2, 0) is 4.79 Å². The summed E-state index contributed by atoms with van der Waals surface area (Å²) in [5.41, 5.74) is -0.0165. The molecule has 1 saturated carbocycles. The van der Waals surface area contributed by atoms with E-state index in [0.717, 1.165) is 12.8 Å². The molecule has 1 atom stereocenters. The molecule has 10 heteroatoms. The van der Waals surface area contributed by atoms with E-state index in [-0.39, 0.29) is 29.2 Å². The molecule has 2 heterocycles. The summed E-state index contributed by atoms with van der Waals surface area (Å²) in [7, 11) is 3.26. The molecule has 1 N–H and O–H groups in total. The first-order chi connectivity index (χ1) is 14.1. The smallest absolute Gasteiger partial charge is 0.282 e. The molecule has 1 aliphatic carbocycles. The summed E-state index contributed by atoms with van der Waals surface area (Å²) in [6.07, 6.45) is 3.81. The Kier molecular flexibility index (Phi) is 6.42. The summed E-state index contributed by atoms with van der Waals surface area (Å²) in [6.45, 7) is 3.42. The fraction of sp³-hybridized carbons (Fsp3) is 0.700. The third-order valence-corrected chi connectivity index (χ3v) is 5.00. The van der Waals surface area contributed by atoms with Crippen molar-refractivity contribution in [3.05, 3.63) is 11.9 Å². The van der Waals surface area contributed by atoms with Gasteiger partial charge in [-0.2, -0.15) is 0 Å². The number of hydrogen-bond donors (Lipinski definition) is 1. The fourth-order valence-corrected chi connectivity index (χ4v) is 3.17. The lowest BCUT2D eigenvalue weighted by Gasteiger charge is -2.39. The highest BCUT2D eigenvalue weighted by molar-refractivity contribution is 5.96. The van der Waals surface area contributed by atoms with Crippen LogP contribution in [0, 0.1) is 11.8 Å². The number of halogens is 2. The number of carbonyl (C=O) groups excluding carboxylic acids is 2. The van der Waals surface area contributed by atoms with Gasteiger partial charge < -0.3 is 19.9 Å². The molecule has 8 nitrogen and oxygen atoms in total. The molecular formula is C20H29F2N5O3. The molecule has 2 amide bonds. The van der Waals surface area contributed by atoms with E-state index in [1.54, 1.807) is 14.1 Å². The van der Waals surface area contributed by atoms with Crippen molar-refractivity contribution < 1.29 is 23.1 Å². The second-order valence-electron chi connectivity index (χ2n) is 8.74. The van der Waals surface area contributed by atoms with Gasteiger partial charge in [-0.3, -0.25) is 9.59 Å². The summed E-state index contributed by atoms with van der Waals surface area (Å²) in [4.78, 5) is 36.4. The van der Waals surface area contributed by atoms with Crippen LogP contribution in [0.3, 0.4) is 0 Å². The van der Waals surface area contributed by atoms with E-state index in [0.29, 0.717) is 18.9 Å². The molecular weight excluding hydrogens is 396 g/mol. The Hall–Kier alpha value is -2.52. The van der Waals surface area contributed by atoms with E-state index in [9.17, 15) is 18.4 Å². The average Bonchev–Trinajstić information content (AvgIpc) is 3.47. The molecule has 1 saturated heterocycles. The minimum Gasteiger partial charge on any atom is -0.475 e. The summed E-state index contributed by atoms with van der Waals surface area (Å²) in [5.74, 6) is -2.64. The van der Waals surface area contributed by atoms with E-state index in [1.165, 1.54) is 16.0 Å². The van der Waals surface area contributed by atoms with E-state index in [4.69, 9.17) is 4.74 Å². The van der Waals surface area contributed by atoms with Gasteiger partial charge in [-0.1, -0.05) is 13.8 Å². The molecule has 1 aromatic rings. The Bertz CT molecular complexity index is 791. The average molecular weight is 425 g/mol. The Morgan fingerprint density at radius 3 is 2.53 bits per heavy atom. The standard InChI is InChI=1S/C20H29F2N5O3/c1-12(2)7-14(19(29)26(3)4)24-17(28)15-8-23-16(27-10-20(21,22)11-27)18(25-15)30-9-13-5-6-13/h8,12-14H,5-7,9-11H2,1-4H3,(H,24,28). The highest BCUT2D eigenvalue weighted by Gasteiger charge is 2.46. The van der Waals surface area contributed by atoms with Crippen molar-refractivity contribution in [3.63, 3.8) is 0 Å². The molecule has 1 aromatic heterocycles. The Balaban J connectivity index is 1.77. The number of anilines is 1. The van der Waals surface area contributed by atoms with Crippen LogP contribution in [-0.4, -0.2) is 72.4 Å². The van der Waals surface area contributed by atoms with Crippen molar-refractivity contribution in [1.82, 2.24) is 20.2 Å². The lowest BCUT2D eigenvalue weighted by atomic mass is 10.0. The van der Waals surface area contributed by atoms with Crippen LogP contribution in [0.5, 0.6) is 5.88 Å². The van der Waals surface area contributed by atoms with E-state index in [2.05, 4.69) is 15.3 Å². The first-order valence-corrected chi connectivity index (χ1v) is 10.2. The number of hydrogen-bond acceptors (Lipinski definition) is 6. The topological polar surface area (TPSA) is 87.7 Å². The third-order valence-electron chi connectivity index (χ3n) is 5.00. The number of ether oxygens (including phenoxy) is 1. The molecule has 166 valence electrons. The number of carbonyl (C=O) groups is 2. The summed E-state index contributed by atoms with van der Waals surface area (Å²) in [6, 6.07) is -0.695. The van der Waals surface area contributed by atoms with E-state index < -0.39 is 31.0 Å². The normalized spacial score (nSPS) is 18.6. The summed E-state index contributed by atoms with van der Waals surface area (Å²) in [5, 5.41) is 2.72. The maximum Gasteiger partial charge on any atom is 0.282 e. The van der Waals surface area contributed by atoms with Crippen LogP contribution in [0.1, 0.15) is 43.6 Å². The maximum atomic E-state index is 13.3. The minimum atomic E-state index is -2.76. The van der Waals surface area contributed by atoms with Crippen LogP contribution in [0.15, 0.2) is 6.20 Å². The molecule has 3 rings (SSSR count). The van der Waals surface area contributed by atoms with E-state index in [1.807, 2.05) is 13.8 Å². The number of nitrogens with zero attached hydrogens (tertiary/aromatic N) is 4. The monoisotopic (exact) mass is 425 g/mol. The van der Waals surface area contributed by atoms with E-state index >= 15 is 0 Å². The molecule has 2 fully saturated rings. The fourth-order valence-electron chi connectivity index (χ4n) is 3.17. The van der Waals surface area contributed by atoms with Gasteiger partial charge in [0, 0.05) is 14.1 Å². The van der Waals surface area contributed by atoms with Gasteiger partial charge >= 0.3 is 0 Å². The largest absolute Gasteiger partial charge is 0.475 e. The number of alkyl halides is 2. The number of rotatable bonds is 9. The summed E-state index contributed by atoms with van der Waals surface area (Å²) >= 11 is 0. The molecule has 1 aliphatic heterocycles. The molecule has 0 aromatic carbocycles. The molecule has 30 heavy (non-hydrogen) atoms. The molecule has 2 aliphatic rings. The Morgan fingerprint density at radius 1 is 1.33 bits per heavy atom. The summed E-state index contributed by atoms with van der Waals surface area (Å²) < 4.78 is 32.3. The van der Waals surface area contributed by atoms with Gasteiger partial charge in [0.2, 0.25) is 5.91 Å². The van der Waals surface area contributed by atoms with Crippen molar-refractivity contribution in [3.8, 4) is 5.88 Å². The van der Waals surface area contributed by atoms with Crippen molar-refractivity contribution in [2.75, 3.05) is 38.7 Å². The Morgan fingerprint density at radius 2 is 2.00 bits per heavy atom. The van der Waals surface area contributed by atoms with Crippen LogP contribution in [0.25, 0.3) is 0 Å². The lowest BCUT2D eigenvalue weighted by molar-refractivity contribution is -0.131. The highest BCUT2D eigenvalue weighted by atomic mass is 19.3. The van der Waals surface area contributed by atoms with Crippen LogP contribution in [0.2, 0.25) is 0 Å². The number of amides is 2. The zero-order valence-electron chi connectivity index (χ0n) is 17.8. The predicted octanol–water partition coefficient (Wildman–Crippen LogP) is 1.95. The first kappa shape index (κ1) is 22.2. The second kappa shape index (κ2) is 8.69. The second-order valence-corrected chi connectivity index (χ2v) is 8.74. The quantitative estimate of drug-likeness (QED) is 0.651. The van der Waals surface area contributed by atoms with Crippen molar-refractivity contribution in [2.24, 2.45) is 11.8 Å². The molecule has 1 unspecified atom stereocenters. The van der Waals surface area contributed by atoms with Crippen molar-refractivity contribution in [2.45, 2.75) is 45.1 Å². The van der Waals surface area contributed by atoms with Gasteiger partial charge in [0.05, 0.1) is 25.9 Å². The third kappa shape index (κ3) is 5.54. The maximum absolute atomic E-state index is 13.3. The van der Waals surface area contributed by atoms with Gasteiger partial charge in [0.1, 0.15) is 6.04 Å². The minimum absolute atomic E-state index is 0.0165. The van der Waals surface area contributed by atoms with Crippen LogP contribution < -0.4 is 15.0 Å². The van der Waals surface area contributed by atoms with Crippen molar-refractivity contribution in [1.29, 1.82) is 0 Å². The molecule has 0 spiro atoms. The van der Waals surface area contributed by atoms with Crippen LogP contribution in [0.4, 0.5) is 14.6 Å². The molecule has 0 radical (unpaired) electrons.